The fourth-order valence-corrected chi connectivity index (χ4v) is 5.61. The Morgan fingerprint density at radius 1 is 1.11 bits per heavy atom. The zero-order valence-electron chi connectivity index (χ0n) is 20.9. The normalized spacial score (nSPS) is 27.7. The highest BCUT2D eigenvalue weighted by molar-refractivity contribution is 7.81. The predicted molar refractivity (Wildman–Crippen MR) is 139 cm³/mol. The number of aromatic nitrogens is 4. The summed E-state index contributed by atoms with van der Waals surface area (Å²) >= 11 is 4.52. The summed E-state index contributed by atoms with van der Waals surface area (Å²) in [6.07, 6.45) is 5.18. The molecule has 194 valence electrons. The summed E-state index contributed by atoms with van der Waals surface area (Å²) in [6, 6.07) is 3.88. The second-order valence-electron chi connectivity index (χ2n) is 10.1. The Hall–Kier alpha value is -2.89. The van der Waals surface area contributed by atoms with Gasteiger partial charge in [0, 0.05) is 41.7 Å². The van der Waals surface area contributed by atoms with E-state index >= 15 is 0 Å². The van der Waals surface area contributed by atoms with Crippen LogP contribution in [0.2, 0.25) is 0 Å². The van der Waals surface area contributed by atoms with E-state index in [9.17, 15) is 8.78 Å². The number of rotatable bonds is 4. The predicted octanol–water partition coefficient (Wildman–Crippen LogP) is 4.21. The van der Waals surface area contributed by atoms with E-state index in [0.717, 1.165) is 35.9 Å². The molecule has 11 heteroatoms. The van der Waals surface area contributed by atoms with Crippen LogP contribution in [0, 0.1) is 25.5 Å². The summed E-state index contributed by atoms with van der Waals surface area (Å²) in [7, 11) is 0. The van der Waals surface area contributed by atoms with Crippen LogP contribution in [-0.2, 0) is 4.74 Å². The Kier molecular flexibility index (Phi) is 6.24. The molecule has 0 bridgehead atoms. The van der Waals surface area contributed by atoms with E-state index in [4.69, 9.17) is 14.7 Å². The van der Waals surface area contributed by atoms with Crippen molar-refractivity contribution in [3.8, 4) is 0 Å². The van der Waals surface area contributed by atoms with Gasteiger partial charge in [-0.25, -0.2) is 23.7 Å². The topological polar surface area (TPSA) is 80.5 Å². The Morgan fingerprint density at radius 2 is 1.89 bits per heavy atom. The zero-order chi connectivity index (χ0) is 25.8. The highest BCUT2D eigenvalue weighted by atomic mass is 32.1. The molecule has 4 heterocycles. The van der Waals surface area contributed by atoms with Gasteiger partial charge in [0.2, 0.25) is 0 Å². The van der Waals surface area contributed by atoms with Crippen molar-refractivity contribution in [2.75, 3.05) is 18.4 Å². The van der Waals surface area contributed by atoms with Crippen LogP contribution in [0.15, 0.2) is 35.6 Å². The quantitative estimate of drug-likeness (QED) is 0.497. The highest BCUT2D eigenvalue weighted by Gasteiger charge is 2.36. The molecule has 6 rings (SSSR count). The summed E-state index contributed by atoms with van der Waals surface area (Å²) in [6.45, 7) is 6.93. The number of fused-ring (bicyclic) bond motifs is 1. The molecule has 8 nitrogen and oxygen atoms in total. The van der Waals surface area contributed by atoms with Gasteiger partial charge in [-0.1, -0.05) is 0 Å². The molecule has 1 unspecified atom stereocenters. The Bertz CT molecular complexity index is 1370. The molecule has 3 atom stereocenters. The number of aliphatic imine (C=N–C) groups is 1. The smallest absolute Gasteiger partial charge is 0.178 e. The number of halogens is 2. The van der Waals surface area contributed by atoms with Gasteiger partial charge in [0.1, 0.15) is 23.0 Å². The Morgan fingerprint density at radius 3 is 2.65 bits per heavy atom. The van der Waals surface area contributed by atoms with E-state index in [1.807, 2.05) is 31.6 Å². The number of hydrogen-bond acceptors (Lipinski definition) is 8. The van der Waals surface area contributed by atoms with Crippen LogP contribution in [0.4, 0.5) is 14.6 Å². The van der Waals surface area contributed by atoms with Crippen molar-refractivity contribution in [2.24, 2.45) is 4.99 Å². The number of benzene rings is 1. The third-order valence-electron chi connectivity index (χ3n) is 7.32. The summed E-state index contributed by atoms with van der Waals surface area (Å²) in [4.78, 5) is 16.4. The van der Waals surface area contributed by atoms with E-state index in [-0.39, 0.29) is 17.8 Å². The monoisotopic (exact) mass is 525 g/mol. The van der Waals surface area contributed by atoms with Crippen molar-refractivity contribution in [3.63, 3.8) is 0 Å². The number of hydrogen-bond donors (Lipinski definition) is 2. The Balaban J connectivity index is 1.32. The molecular formula is C26H29F2N7OS. The molecule has 1 N–H and O–H groups in total. The fraction of sp³-hybridized carbons (Fsp3) is 0.462. The van der Waals surface area contributed by atoms with Crippen LogP contribution in [0.25, 0.3) is 0 Å². The molecule has 3 aliphatic rings. The standard InChI is InChI=1S/C26H29F2N7OS/c1-13-10-34(12-22(36-13)16-9-29-35(11-16)18-7-19(37)8-18)26-32-23(20-5-4-17(27)6-21(20)28)24-25(33-26)31-15(3)14(2)30-24/h4-6,9,11,13,18-19,22,26,37H,7-8,10,12H2,1-3H3,(H,31,33)/t13-,18?,19?,22-,26?/m1/s1. The van der Waals surface area contributed by atoms with Crippen LogP contribution in [0.5, 0.6) is 0 Å². The third kappa shape index (κ3) is 4.64. The van der Waals surface area contributed by atoms with Gasteiger partial charge in [0.15, 0.2) is 12.1 Å². The second-order valence-corrected chi connectivity index (χ2v) is 10.9. The average Bonchev–Trinajstić information content (AvgIpc) is 3.32. The lowest BCUT2D eigenvalue weighted by molar-refractivity contribution is -0.0872. The lowest BCUT2D eigenvalue weighted by atomic mass is 9.92. The molecule has 1 saturated heterocycles. The maximum atomic E-state index is 14.9. The molecule has 1 aliphatic carbocycles. The van der Waals surface area contributed by atoms with E-state index in [2.05, 4.69) is 39.1 Å². The highest BCUT2D eigenvalue weighted by Crippen LogP contribution is 2.37. The summed E-state index contributed by atoms with van der Waals surface area (Å²) in [5.74, 6) is -0.807. The summed E-state index contributed by atoms with van der Waals surface area (Å²) < 4.78 is 36.9. The number of morpholine rings is 1. The number of anilines is 1. The van der Waals surface area contributed by atoms with Crippen LogP contribution in [0.3, 0.4) is 0 Å². The van der Waals surface area contributed by atoms with Crippen LogP contribution in [-0.4, -0.2) is 61.1 Å². The number of aryl methyl sites for hydroxylation is 2. The van der Waals surface area contributed by atoms with Gasteiger partial charge in [-0.15, -0.1) is 0 Å². The molecule has 0 radical (unpaired) electrons. The lowest BCUT2D eigenvalue weighted by Crippen LogP contribution is -2.51. The van der Waals surface area contributed by atoms with Crippen molar-refractivity contribution < 1.29 is 13.5 Å². The van der Waals surface area contributed by atoms with Gasteiger partial charge < -0.3 is 10.1 Å². The summed E-state index contributed by atoms with van der Waals surface area (Å²) in [5.41, 5.74) is 3.49. The number of thiol groups is 1. The maximum absolute atomic E-state index is 14.9. The largest absolute Gasteiger partial charge is 0.368 e. The summed E-state index contributed by atoms with van der Waals surface area (Å²) in [5, 5.41) is 8.40. The third-order valence-corrected chi connectivity index (χ3v) is 7.75. The molecule has 2 aliphatic heterocycles. The van der Waals surface area contributed by atoms with Gasteiger partial charge in [-0.3, -0.25) is 9.58 Å². The molecule has 3 aromatic rings. The van der Waals surface area contributed by atoms with E-state index in [0.29, 0.717) is 41.6 Å². The van der Waals surface area contributed by atoms with Gasteiger partial charge in [-0.05, 0) is 45.7 Å². The van der Waals surface area contributed by atoms with Gasteiger partial charge >= 0.3 is 0 Å². The zero-order valence-corrected chi connectivity index (χ0v) is 21.8. The van der Waals surface area contributed by atoms with E-state index < -0.39 is 17.9 Å². The van der Waals surface area contributed by atoms with Crippen LogP contribution in [0.1, 0.15) is 60.1 Å². The lowest BCUT2D eigenvalue weighted by Gasteiger charge is -2.41. The SMILES string of the molecule is Cc1nc2c(nc1C)C(c1ccc(F)cc1F)=NC(N1C[C@@H](C)O[C@@H](c3cnn(C4CC(S)C4)c3)C1)N2. The van der Waals surface area contributed by atoms with Crippen molar-refractivity contribution in [3.05, 3.63) is 70.4 Å². The minimum absolute atomic E-state index is 0.0668. The molecule has 1 saturated carbocycles. The molecule has 0 spiro atoms. The molecule has 1 aromatic carbocycles. The van der Waals surface area contributed by atoms with Crippen molar-refractivity contribution >= 4 is 24.2 Å². The second kappa shape index (κ2) is 9.45. The first-order chi connectivity index (χ1) is 17.7. The molecule has 0 amide bonds. The van der Waals surface area contributed by atoms with Crippen LogP contribution < -0.4 is 5.32 Å². The van der Waals surface area contributed by atoms with Crippen molar-refractivity contribution in [1.82, 2.24) is 24.6 Å². The van der Waals surface area contributed by atoms with Gasteiger partial charge in [-0.2, -0.15) is 17.7 Å². The minimum atomic E-state index is -0.689. The molecular weight excluding hydrogens is 496 g/mol. The van der Waals surface area contributed by atoms with Crippen molar-refractivity contribution in [1.29, 1.82) is 0 Å². The first-order valence-corrected chi connectivity index (χ1v) is 13.0. The number of nitrogens with one attached hydrogen (secondary N) is 1. The molecule has 2 aromatic heterocycles. The average molecular weight is 526 g/mol. The first kappa shape index (κ1) is 24.4. The van der Waals surface area contributed by atoms with E-state index in [1.165, 1.54) is 12.1 Å². The van der Waals surface area contributed by atoms with E-state index in [1.54, 1.807) is 0 Å². The van der Waals surface area contributed by atoms with Crippen LogP contribution >= 0.6 is 12.6 Å². The van der Waals surface area contributed by atoms with Gasteiger partial charge in [0.05, 0.1) is 35.8 Å². The molecule has 2 fully saturated rings. The first-order valence-electron chi connectivity index (χ1n) is 12.5. The maximum Gasteiger partial charge on any atom is 0.178 e. The molecule has 37 heavy (non-hydrogen) atoms. The number of ether oxygens (including phenoxy) is 1. The fourth-order valence-electron chi connectivity index (χ4n) is 5.12. The minimum Gasteiger partial charge on any atom is -0.368 e. The van der Waals surface area contributed by atoms with Gasteiger partial charge in [0.25, 0.3) is 0 Å². The number of nitrogens with zero attached hydrogens (tertiary/aromatic N) is 6. The van der Waals surface area contributed by atoms with Crippen molar-refractivity contribution in [2.45, 2.75) is 63.4 Å². The Labute approximate surface area is 219 Å².